The number of benzene rings is 2. The van der Waals surface area contributed by atoms with Crippen molar-refractivity contribution in [3.05, 3.63) is 65.2 Å². The van der Waals surface area contributed by atoms with Gasteiger partial charge in [-0.05, 0) is 80.6 Å². The van der Waals surface area contributed by atoms with Crippen molar-refractivity contribution in [3.63, 3.8) is 0 Å². The Hall–Kier alpha value is -4.19. The highest BCUT2D eigenvalue weighted by molar-refractivity contribution is 6.11. The van der Waals surface area contributed by atoms with E-state index in [9.17, 15) is 28.0 Å². The Kier molecular flexibility index (Phi) is 9.77. The van der Waals surface area contributed by atoms with Crippen LogP contribution in [0.3, 0.4) is 0 Å². The van der Waals surface area contributed by atoms with E-state index in [0.717, 1.165) is 45.2 Å². The van der Waals surface area contributed by atoms with E-state index in [2.05, 4.69) is 27.0 Å². The van der Waals surface area contributed by atoms with Crippen molar-refractivity contribution in [2.75, 3.05) is 32.1 Å². The topological polar surface area (TPSA) is 129 Å². The van der Waals surface area contributed by atoms with Gasteiger partial charge in [0.05, 0.1) is 13.2 Å². The number of carbonyl (C=O) groups is 4. The molecule has 0 radical (unpaired) electrons. The van der Waals surface area contributed by atoms with Crippen LogP contribution in [0.2, 0.25) is 0 Å². The predicted molar refractivity (Wildman–Crippen MR) is 147 cm³/mol. The number of hydrogen-bond donors (Lipinski definition) is 3. The van der Waals surface area contributed by atoms with Crippen molar-refractivity contribution in [2.24, 2.45) is 10.9 Å². The van der Waals surface area contributed by atoms with Crippen molar-refractivity contribution in [1.29, 1.82) is 0 Å². The minimum absolute atomic E-state index is 0.0168. The van der Waals surface area contributed by atoms with E-state index in [4.69, 9.17) is 4.74 Å². The fourth-order valence-electron chi connectivity index (χ4n) is 5.23. The molecule has 10 nitrogen and oxygen atoms in total. The molecule has 2 aromatic carbocycles. The summed E-state index contributed by atoms with van der Waals surface area (Å²) in [5, 5.41) is 8.78. The zero-order valence-corrected chi connectivity index (χ0v) is 22.9. The molecule has 4 rings (SSSR count). The van der Waals surface area contributed by atoms with Crippen molar-refractivity contribution < 1.29 is 32.7 Å². The van der Waals surface area contributed by atoms with Crippen LogP contribution in [0.5, 0.6) is 0 Å². The molecule has 5 amide bonds. The molecular weight excluding hydrogens is 536 g/mol. The van der Waals surface area contributed by atoms with Crippen LogP contribution in [-0.2, 0) is 14.3 Å². The third kappa shape index (κ3) is 7.12. The molecule has 218 valence electrons. The summed E-state index contributed by atoms with van der Waals surface area (Å²) in [5.74, 6) is -4.13. The van der Waals surface area contributed by atoms with Gasteiger partial charge in [-0.1, -0.05) is 18.2 Å². The van der Waals surface area contributed by atoms with Crippen LogP contribution in [0.15, 0.2) is 47.5 Å². The van der Waals surface area contributed by atoms with Crippen molar-refractivity contribution >= 4 is 35.3 Å². The lowest BCUT2D eigenvalue weighted by Crippen LogP contribution is -2.52. The number of ether oxygens (including phenoxy) is 1. The summed E-state index contributed by atoms with van der Waals surface area (Å²) in [7, 11) is 1.13. The van der Waals surface area contributed by atoms with Gasteiger partial charge in [0.2, 0.25) is 5.91 Å². The Labute approximate surface area is 236 Å². The van der Waals surface area contributed by atoms with Gasteiger partial charge in [-0.2, -0.15) is 0 Å². The number of imide groups is 1. The van der Waals surface area contributed by atoms with Crippen LogP contribution in [0.4, 0.5) is 24.1 Å². The van der Waals surface area contributed by atoms with E-state index in [1.807, 2.05) is 18.2 Å². The van der Waals surface area contributed by atoms with Crippen LogP contribution in [-0.4, -0.2) is 61.3 Å². The summed E-state index contributed by atoms with van der Waals surface area (Å²) in [4.78, 5) is 55.6. The number of amides is 5. The molecule has 0 saturated carbocycles. The number of nitrogens with one attached hydrogen (secondary N) is 3. The zero-order valence-electron chi connectivity index (χ0n) is 22.9. The Morgan fingerprint density at radius 1 is 1.07 bits per heavy atom. The maximum absolute atomic E-state index is 14.1. The summed E-state index contributed by atoms with van der Waals surface area (Å²) in [6, 6.07) is 7.46. The minimum atomic E-state index is -1.32. The van der Waals surface area contributed by atoms with E-state index in [1.165, 1.54) is 18.6 Å². The lowest BCUT2D eigenvalue weighted by molar-refractivity contribution is -0.144. The summed E-state index contributed by atoms with van der Waals surface area (Å²) >= 11 is 0. The lowest BCUT2D eigenvalue weighted by Gasteiger charge is -2.36. The van der Waals surface area contributed by atoms with Gasteiger partial charge in [-0.15, -0.1) is 0 Å². The van der Waals surface area contributed by atoms with Gasteiger partial charge in [0, 0.05) is 24.4 Å². The van der Waals surface area contributed by atoms with Crippen LogP contribution in [0.25, 0.3) is 0 Å². The number of piperidine rings is 1. The molecule has 0 aromatic heterocycles. The van der Waals surface area contributed by atoms with Crippen molar-refractivity contribution in [2.45, 2.75) is 44.6 Å². The molecule has 1 fully saturated rings. The molecule has 3 N–H and O–H groups in total. The smallest absolute Gasteiger partial charge is 0.352 e. The van der Waals surface area contributed by atoms with Gasteiger partial charge in [0.1, 0.15) is 5.92 Å². The van der Waals surface area contributed by atoms with E-state index < -0.39 is 41.6 Å². The van der Waals surface area contributed by atoms with Crippen molar-refractivity contribution in [1.82, 2.24) is 15.5 Å². The zero-order chi connectivity index (χ0) is 29.5. The Bertz CT molecular complexity index is 1340. The highest BCUT2D eigenvalue weighted by atomic mass is 19.2. The molecular formula is C29H33F2N5O5. The fourth-order valence-corrected chi connectivity index (χ4v) is 5.23. The standard InChI is InChI=1S/C29H33F2N5O5/c1-17-25(27(38)41-2)26(20-8-9-22(30)23(31)16-20)36(29(40)34-17)28(39)33-12-4-7-24(37)35-21-6-3-5-19(15-21)18-10-13-32-14-11-18/h3,5-6,8-9,15-16,18,25-26,32H,4,7,10-14H2,1-2H3,(H,33,39)(H,35,37). The first kappa shape index (κ1) is 29.8. The van der Waals surface area contributed by atoms with Gasteiger partial charge in [0.15, 0.2) is 11.6 Å². The maximum atomic E-state index is 14.1. The Morgan fingerprint density at radius 2 is 1.83 bits per heavy atom. The molecule has 0 spiro atoms. The molecule has 2 atom stereocenters. The van der Waals surface area contributed by atoms with Crippen LogP contribution < -0.4 is 16.0 Å². The number of esters is 1. The molecule has 2 aliphatic rings. The quantitative estimate of drug-likeness (QED) is 0.321. The highest BCUT2D eigenvalue weighted by Gasteiger charge is 2.46. The number of hydrogen-bond acceptors (Lipinski definition) is 6. The number of rotatable bonds is 8. The lowest BCUT2D eigenvalue weighted by atomic mass is 9.87. The molecule has 1 saturated heterocycles. The molecule has 41 heavy (non-hydrogen) atoms. The van der Waals surface area contributed by atoms with E-state index >= 15 is 0 Å². The summed E-state index contributed by atoms with van der Waals surface area (Å²) < 4.78 is 32.6. The summed E-state index contributed by atoms with van der Waals surface area (Å²) in [6.45, 7) is 3.38. The maximum Gasteiger partial charge on any atom is 0.352 e. The molecule has 0 bridgehead atoms. The van der Waals surface area contributed by atoms with Crippen molar-refractivity contribution in [3.8, 4) is 0 Å². The van der Waals surface area contributed by atoms with Gasteiger partial charge < -0.3 is 20.7 Å². The minimum Gasteiger partial charge on any atom is -0.468 e. The number of methoxy groups -OCH3 is 1. The largest absolute Gasteiger partial charge is 0.468 e. The Morgan fingerprint density at radius 3 is 2.54 bits per heavy atom. The molecule has 2 unspecified atom stereocenters. The van der Waals surface area contributed by atoms with Gasteiger partial charge in [-0.3, -0.25) is 9.59 Å². The van der Waals surface area contributed by atoms with Gasteiger partial charge in [-0.25, -0.2) is 28.3 Å². The molecule has 2 aromatic rings. The number of halogens is 2. The van der Waals surface area contributed by atoms with Crippen LogP contribution >= 0.6 is 0 Å². The average Bonchev–Trinajstić information content (AvgIpc) is 2.96. The van der Waals surface area contributed by atoms with Gasteiger partial charge >= 0.3 is 18.0 Å². The normalized spacial score (nSPS) is 19.4. The number of carbonyl (C=O) groups excluding carboxylic acids is 4. The number of urea groups is 2. The third-order valence-corrected chi connectivity index (χ3v) is 7.32. The number of nitrogens with zero attached hydrogens (tertiary/aromatic N) is 2. The van der Waals surface area contributed by atoms with E-state index in [1.54, 1.807) is 0 Å². The molecule has 0 aliphatic carbocycles. The molecule has 12 heteroatoms. The number of anilines is 1. The first-order valence-corrected chi connectivity index (χ1v) is 13.5. The second kappa shape index (κ2) is 13.4. The first-order chi connectivity index (χ1) is 19.7. The SMILES string of the molecule is COC(=O)C1C(C)=NC(=O)N(C(=O)NCCCC(=O)Nc2cccc(C3CCNCC3)c2)C1c1ccc(F)c(F)c1. The second-order valence-electron chi connectivity index (χ2n) is 10.1. The Balaban J connectivity index is 1.38. The monoisotopic (exact) mass is 569 g/mol. The summed E-state index contributed by atoms with van der Waals surface area (Å²) in [6.07, 6.45) is 2.43. The van der Waals surface area contributed by atoms with E-state index in [-0.39, 0.29) is 36.6 Å². The van der Waals surface area contributed by atoms with Crippen LogP contribution in [0.1, 0.15) is 55.7 Å². The van der Waals surface area contributed by atoms with Gasteiger partial charge in [0.25, 0.3) is 0 Å². The fraction of sp³-hybridized carbons (Fsp3) is 0.414. The third-order valence-electron chi connectivity index (χ3n) is 7.32. The molecule has 2 heterocycles. The first-order valence-electron chi connectivity index (χ1n) is 13.5. The van der Waals surface area contributed by atoms with Crippen LogP contribution in [0, 0.1) is 17.6 Å². The number of aliphatic imine (C=N–C) groups is 1. The average molecular weight is 570 g/mol. The molecule has 2 aliphatic heterocycles. The summed E-state index contributed by atoms with van der Waals surface area (Å²) in [5.41, 5.74) is 1.97. The highest BCUT2D eigenvalue weighted by Crippen LogP contribution is 2.35. The second-order valence-corrected chi connectivity index (χ2v) is 10.1. The van der Waals surface area contributed by atoms with E-state index in [0.29, 0.717) is 16.5 Å². The predicted octanol–water partition coefficient (Wildman–Crippen LogP) is 4.29.